The van der Waals surface area contributed by atoms with Crippen LogP contribution in [0.2, 0.25) is 0 Å². The largest absolute Gasteiger partial charge is 0.492 e. The first-order valence-corrected chi connectivity index (χ1v) is 5.87. The molecule has 1 amide bonds. The summed E-state index contributed by atoms with van der Waals surface area (Å²) in [5.74, 6) is 1.36. The number of carbonyl (C=O) groups is 1. The standard InChI is InChI=1S/C12H16ClNO2/c13-8-4-7-12(15)14-9-10-16-11-5-2-1-3-6-11/h1-3,5-6H,4,7-10H2,(H,14,15). The van der Waals surface area contributed by atoms with E-state index in [9.17, 15) is 4.79 Å². The van der Waals surface area contributed by atoms with E-state index in [1.165, 1.54) is 0 Å². The number of hydrogen-bond acceptors (Lipinski definition) is 2. The van der Waals surface area contributed by atoms with Gasteiger partial charge in [0.15, 0.2) is 0 Å². The first kappa shape index (κ1) is 12.8. The molecule has 16 heavy (non-hydrogen) atoms. The molecule has 0 aromatic heterocycles. The van der Waals surface area contributed by atoms with Crippen LogP contribution in [-0.2, 0) is 4.79 Å². The smallest absolute Gasteiger partial charge is 0.220 e. The van der Waals surface area contributed by atoms with Crippen LogP contribution in [0.15, 0.2) is 30.3 Å². The van der Waals surface area contributed by atoms with Crippen LogP contribution in [0.1, 0.15) is 12.8 Å². The van der Waals surface area contributed by atoms with E-state index in [1.54, 1.807) is 0 Å². The summed E-state index contributed by atoms with van der Waals surface area (Å²) in [6.07, 6.45) is 1.20. The van der Waals surface area contributed by atoms with Gasteiger partial charge < -0.3 is 10.1 Å². The molecule has 88 valence electrons. The van der Waals surface area contributed by atoms with Crippen LogP contribution < -0.4 is 10.1 Å². The van der Waals surface area contributed by atoms with E-state index in [2.05, 4.69) is 5.32 Å². The highest BCUT2D eigenvalue weighted by molar-refractivity contribution is 6.17. The summed E-state index contributed by atoms with van der Waals surface area (Å²) in [4.78, 5) is 11.2. The monoisotopic (exact) mass is 241 g/mol. The molecule has 0 atom stereocenters. The van der Waals surface area contributed by atoms with E-state index in [0.717, 1.165) is 5.75 Å². The first-order chi connectivity index (χ1) is 7.83. The summed E-state index contributed by atoms with van der Waals surface area (Å²) < 4.78 is 5.42. The molecule has 1 aromatic carbocycles. The molecule has 1 N–H and O–H groups in total. The molecule has 0 aliphatic rings. The summed E-state index contributed by atoms with van der Waals surface area (Å²) in [6.45, 7) is 1.01. The Hall–Kier alpha value is -1.22. The highest BCUT2D eigenvalue weighted by Crippen LogP contribution is 2.07. The fourth-order valence-corrected chi connectivity index (χ4v) is 1.33. The molecule has 1 rings (SSSR count). The summed E-state index contributed by atoms with van der Waals surface area (Å²) in [7, 11) is 0. The molecular formula is C12H16ClNO2. The van der Waals surface area contributed by atoms with Crippen molar-refractivity contribution in [2.45, 2.75) is 12.8 Å². The molecule has 0 spiro atoms. The molecule has 4 heteroatoms. The molecule has 1 aromatic rings. The Labute approximate surface area is 101 Å². The third-order valence-electron chi connectivity index (χ3n) is 1.97. The highest BCUT2D eigenvalue weighted by Gasteiger charge is 1.99. The first-order valence-electron chi connectivity index (χ1n) is 5.33. The Bertz CT molecular complexity index is 303. The lowest BCUT2D eigenvalue weighted by atomic mass is 10.3. The van der Waals surface area contributed by atoms with E-state index < -0.39 is 0 Å². The number of nitrogens with one attached hydrogen (secondary N) is 1. The van der Waals surface area contributed by atoms with Crippen LogP contribution in [-0.4, -0.2) is 24.9 Å². The summed E-state index contributed by atoms with van der Waals surface area (Å²) in [5.41, 5.74) is 0. The summed E-state index contributed by atoms with van der Waals surface area (Å²) in [6, 6.07) is 9.52. The van der Waals surface area contributed by atoms with Crippen molar-refractivity contribution >= 4 is 17.5 Å². The van der Waals surface area contributed by atoms with Gasteiger partial charge in [-0.25, -0.2) is 0 Å². The van der Waals surface area contributed by atoms with Gasteiger partial charge >= 0.3 is 0 Å². The molecule has 3 nitrogen and oxygen atoms in total. The minimum Gasteiger partial charge on any atom is -0.492 e. The Balaban J connectivity index is 2.06. The zero-order valence-electron chi connectivity index (χ0n) is 9.12. The zero-order chi connectivity index (χ0) is 11.6. The number of hydrogen-bond donors (Lipinski definition) is 1. The summed E-state index contributed by atoms with van der Waals surface area (Å²) in [5, 5.41) is 2.77. The average Bonchev–Trinajstić information content (AvgIpc) is 2.33. The van der Waals surface area contributed by atoms with Crippen LogP contribution in [0.25, 0.3) is 0 Å². The molecule has 0 unspecified atom stereocenters. The fourth-order valence-electron chi connectivity index (χ4n) is 1.19. The average molecular weight is 242 g/mol. The van der Waals surface area contributed by atoms with Crippen molar-refractivity contribution in [3.05, 3.63) is 30.3 Å². The third kappa shape index (κ3) is 5.61. The van der Waals surface area contributed by atoms with E-state index in [-0.39, 0.29) is 5.91 Å². The van der Waals surface area contributed by atoms with Crippen LogP contribution in [0.3, 0.4) is 0 Å². The second-order valence-corrected chi connectivity index (χ2v) is 3.68. The van der Waals surface area contributed by atoms with Gasteiger partial charge in [0.25, 0.3) is 0 Å². The molecule has 0 aliphatic carbocycles. The van der Waals surface area contributed by atoms with Gasteiger partial charge in [-0.2, -0.15) is 0 Å². The lowest BCUT2D eigenvalue weighted by Gasteiger charge is -2.07. The van der Waals surface area contributed by atoms with Gasteiger partial charge in [-0.15, -0.1) is 11.6 Å². The van der Waals surface area contributed by atoms with Gasteiger partial charge in [0.1, 0.15) is 12.4 Å². The van der Waals surface area contributed by atoms with Crippen molar-refractivity contribution in [1.29, 1.82) is 0 Å². The van der Waals surface area contributed by atoms with Crippen molar-refractivity contribution in [2.24, 2.45) is 0 Å². The number of alkyl halides is 1. The van der Waals surface area contributed by atoms with Crippen LogP contribution in [0, 0.1) is 0 Å². The zero-order valence-corrected chi connectivity index (χ0v) is 9.87. The van der Waals surface area contributed by atoms with Crippen LogP contribution in [0.5, 0.6) is 5.75 Å². The molecule has 0 saturated carbocycles. The maximum atomic E-state index is 11.2. The normalized spacial score (nSPS) is 9.81. The van der Waals surface area contributed by atoms with Gasteiger partial charge in [-0.05, 0) is 18.6 Å². The van der Waals surface area contributed by atoms with E-state index in [0.29, 0.717) is 31.9 Å². The van der Waals surface area contributed by atoms with E-state index in [1.807, 2.05) is 30.3 Å². The molecular weight excluding hydrogens is 226 g/mol. The minimum atomic E-state index is 0.0253. The van der Waals surface area contributed by atoms with Gasteiger partial charge in [0.05, 0.1) is 6.54 Å². The Morgan fingerprint density at radius 3 is 2.75 bits per heavy atom. The molecule has 0 aliphatic heterocycles. The van der Waals surface area contributed by atoms with Gasteiger partial charge in [-0.1, -0.05) is 18.2 Å². The predicted octanol–water partition coefficient (Wildman–Crippen LogP) is 2.20. The quantitative estimate of drug-likeness (QED) is 0.587. The van der Waals surface area contributed by atoms with E-state index in [4.69, 9.17) is 16.3 Å². The van der Waals surface area contributed by atoms with E-state index >= 15 is 0 Å². The minimum absolute atomic E-state index is 0.0253. The fraction of sp³-hybridized carbons (Fsp3) is 0.417. The maximum Gasteiger partial charge on any atom is 0.220 e. The number of benzene rings is 1. The molecule has 0 bridgehead atoms. The van der Waals surface area contributed by atoms with Crippen LogP contribution in [0.4, 0.5) is 0 Å². The Morgan fingerprint density at radius 1 is 1.31 bits per heavy atom. The van der Waals surface area contributed by atoms with Crippen LogP contribution >= 0.6 is 11.6 Å². The third-order valence-corrected chi connectivity index (χ3v) is 2.24. The topological polar surface area (TPSA) is 38.3 Å². The lowest BCUT2D eigenvalue weighted by molar-refractivity contribution is -0.121. The Kier molecular flexibility index (Phi) is 6.42. The molecule has 0 saturated heterocycles. The Morgan fingerprint density at radius 2 is 2.06 bits per heavy atom. The predicted molar refractivity (Wildman–Crippen MR) is 64.9 cm³/mol. The van der Waals surface area contributed by atoms with Crippen molar-refractivity contribution in [3.63, 3.8) is 0 Å². The number of carbonyl (C=O) groups excluding carboxylic acids is 1. The maximum absolute atomic E-state index is 11.2. The van der Waals surface area contributed by atoms with Crippen molar-refractivity contribution < 1.29 is 9.53 Å². The van der Waals surface area contributed by atoms with Gasteiger partial charge in [0, 0.05) is 12.3 Å². The van der Waals surface area contributed by atoms with Crippen molar-refractivity contribution in [2.75, 3.05) is 19.0 Å². The van der Waals surface area contributed by atoms with Crippen molar-refractivity contribution in [3.8, 4) is 5.75 Å². The molecule has 0 fully saturated rings. The number of ether oxygens (including phenoxy) is 1. The SMILES string of the molecule is O=C(CCCCl)NCCOc1ccccc1. The molecule has 0 radical (unpaired) electrons. The second-order valence-electron chi connectivity index (χ2n) is 3.30. The second kappa shape index (κ2) is 7.99. The number of amides is 1. The van der Waals surface area contributed by atoms with Gasteiger partial charge in [0.2, 0.25) is 5.91 Å². The molecule has 0 heterocycles. The number of para-hydroxylation sites is 1. The lowest BCUT2D eigenvalue weighted by Crippen LogP contribution is -2.27. The number of halogens is 1. The summed E-state index contributed by atoms with van der Waals surface area (Å²) >= 11 is 5.48. The highest BCUT2D eigenvalue weighted by atomic mass is 35.5. The van der Waals surface area contributed by atoms with Gasteiger partial charge in [-0.3, -0.25) is 4.79 Å². The van der Waals surface area contributed by atoms with Crippen molar-refractivity contribution in [1.82, 2.24) is 5.32 Å². The number of rotatable bonds is 7.